The molecule has 0 radical (unpaired) electrons. The summed E-state index contributed by atoms with van der Waals surface area (Å²) in [5, 5.41) is 39.7. The first kappa shape index (κ1) is 55.5. The minimum absolute atomic E-state index is 0.0208. The van der Waals surface area contributed by atoms with Gasteiger partial charge in [0.15, 0.2) is 11.6 Å². The molecule has 0 saturated carbocycles. The number of para-hydroxylation sites is 1. The molecule has 0 aliphatic carbocycles. The standard InChI is InChI=1S/C58H69N13O8S/c1-36(2)54(58(76)70-34-44(73)29-49(70)57(75)63-37(3)39-11-13-40(14-12-39)55-46(62-35-80-55)9-7-18-60-38(4)72)51-31-53(66-79-51)78-27-25-68-22-20-67(21-23-68)24-26-77-52-28-41(17-19-61-52)71-42-15-16-43(71)33-69(32-42)48-30-47(64-65-56(48)59)45-8-5-6-10-50(45)74/h5-6,8,10-14,17,19,28,30-31,35-37,42-44,49,54,73-74H,15-16,18,20-27,29,32-34H2,1-4H3,(H2,59,65)(H,60,72)(H,63,75)/t37-,42?,43?,44+,49-,54+/m0/s1. The lowest BCUT2D eigenvalue weighted by atomic mass is 9.91. The third kappa shape index (κ3) is 12.9. The van der Waals surface area contributed by atoms with Gasteiger partial charge in [-0.15, -0.1) is 21.5 Å². The summed E-state index contributed by atoms with van der Waals surface area (Å²) in [6.07, 6.45) is 3.19. The predicted octanol–water partition coefficient (Wildman–Crippen LogP) is 4.94. The van der Waals surface area contributed by atoms with Crippen LogP contribution in [-0.2, 0) is 14.4 Å². The van der Waals surface area contributed by atoms with Crippen molar-refractivity contribution in [1.29, 1.82) is 0 Å². The van der Waals surface area contributed by atoms with Gasteiger partial charge >= 0.3 is 0 Å². The lowest BCUT2D eigenvalue weighted by Crippen LogP contribution is -2.54. The Balaban J connectivity index is 0.653. The van der Waals surface area contributed by atoms with E-state index in [1.807, 2.05) is 69.4 Å². The molecule has 8 heterocycles. The van der Waals surface area contributed by atoms with Crippen LogP contribution in [0.3, 0.4) is 0 Å². The van der Waals surface area contributed by atoms with Crippen LogP contribution in [0.15, 0.2) is 89.0 Å². The number of ether oxygens (including phenoxy) is 2. The number of likely N-dealkylation sites (tertiary alicyclic amines) is 1. The van der Waals surface area contributed by atoms with Crippen LogP contribution in [0.1, 0.15) is 75.9 Å². The number of benzene rings is 2. The average Bonchev–Trinajstić information content (AvgIpc) is 4.46. The van der Waals surface area contributed by atoms with Gasteiger partial charge in [-0.2, -0.15) is 0 Å². The lowest BCUT2D eigenvalue weighted by molar-refractivity contribution is -0.141. The number of carbonyl (C=O) groups is 3. The molecule has 2 bridgehead atoms. The van der Waals surface area contributed by atoms with E-state index in [0.29, 0.717) is 54.2 Å². The van der Waals surface area contributed by atoms with E-state index in [-0.39, 0.29) is 72.9 Å². The average molecular weight is 1110 g/mol. The van der Waals surface area contributed by atoms with Crippen molar-refractivity contribution in [3.8, 4) is 51.0 Å². The van der Waals surface area contributed by atoms with Gasteiger partial charge in [0.1, 0.15) is 36.6 Å². The van der Waals surface area contributed by atoms with E-state index in [1.54, 1.807) is 23.7 Å². The number of hydrogen-bond donors (Lipinski definition) is 5. The number of anilines is 3. The molecule has 6 atom stereocenters. The van der Waals surface area contributed by atoms with Crippen LogP contribution in [0.25, 0.3) is 21.7 Å². The van der Waals surface area contributed by atoms with Gasteiger partial charge in [-0.25, -0.2) is 9.97 Å². The molecule has 4 aliphatic heterocycles. The monoisotopic (exact) mass is 1110 g/mol. The van der Waals surface area contributed by atoms with Crippen molar-refractivity contribution in [3.63, 3.8) is 0 Å². The molecule has 4 aliphatic rings. The van der Waals surface area contributed by atoms with Crippen molar-refractivity contribution in [3.05, 3.63) is 102 Å². The van der Waals surface area contributed by atoms with Crippen LogP contribution in [0.5, 0.6) is 17.5 Å². The fourth-order valence-electron chi connectivity index (χ4n) is 11.3. The highest BCUT2D eigenvalue weighted by Crippen LogP contribution is 2.40. The molecular formula is C58H69N13O8S. The predicted molar refractivity (Wildman–Crippen MR) is 303 cm³/mol. The zero-order chi connectivity index (χ0) is 55.9. The summed E-state index contributed by atoms with van der Waals surface area (Å²) < 4.78 is 18.0. The minimum Gasteiger partial charge on any atom is -0.507 e. The van der Waals surface area contributed by atoms with Crippen LogP contribution < -0.4 is 35.6 Å². The number of pyridine rings is 1. The van der Waals surface area contributed by atoms with Crippen molar-refractivity contribution in [1.82, 2.24) is 50.7 Å². The number of nitrogens with one attached hydrogen (secondary N) is 2. The number of aliphatic hydroxyl groups excluding tert-OH is 1. The number of nitrogens with two attached hydrogens (primary N) is 1. The molecule has 21 nitrogen and oxygen atoms in total. The van der Waals surface area contributed by atoms with Crippen LogP contribution in [0, 0.1) is 17.8 Å². The van der Waals surface area contributed by atoms with E-state index in [4.69, 9.17) is 19.7 Å². The van der Waals surface area contributed by atoms with Crippen LogP contribution in [-0.4, -0.2) is 171 Å². The van der Waals surface area contributed by atoms with Crippen molar-refractivity contribution in [2.45, 2.75) is 83.1 Å². The molecule has 0 spiro atoms. The summed E-state index contributed by atoms with van der Waals surface area (Å²) in [4.78, 5) is 60.2. The number of phenolic OH excluding ortho intramolecular Hbond substituents is 1. The van der Waals surface area contributed by atoms with E-state index in [0.717, 1.165) is 86.0 Å². The largest absolute Gasteiger partial charge is 0.507 e. The highest BCUT2D eigenvalue weighted by atomic mass is 32.1. The second-order valence-electron chi connectivity index (χ2n) is 21.2. The van der Waals surface area contributed by atoms with Gasteiger partial charge in [0.05, 0.1) is 40.5 Å². The maximum atomic E-state index is 14.3. The summed E-state index contributed by atoms with van der Waals surface area (Å²) >= 11 is 1.47. The maximum absolute atomic E-state index is 14.3. The normalized spacial score (nSPS) is 20.1. The molecule has 2 unspecified atom stereocenters. The Hall–Kier alpha value is -7.84. The molecule has 420 valence electrons. The van der Waals surface area contributed by atoms with Crippen molar-refractivity contribution < 1.29 is 38.6 Å². The maximum Gasteiger partial charge on any atom is 0.254 e. The summed E-state index contributed by atoms with van der Waals surface area (Å²) in [6.45, 7) is 14.8. The Morgan fingerprint density at radius 3 is 2.30 bits per heavy atom. The molecule has 2 aromatic carbocycles. The zero-order valence-corrected chi connectivity index (χ0v) is 46.3. The van der Waals surface area contributed by atoms with Crippen LogP contribution in [0.2, 0.25) is 0 Å². The fraction of sp³-hybridized carbons (Fsp3) is 0.448. The van der Waals surface area contributed by atoms with Gasteiger partial charge in [0, 0.05) is 114 Å². The third-order valence-electron chi connectivity index (χ3n) is 15.4. The molecule has 6 aromatic rings. The van der Waals surface area contributed by atoms with E-state index in [1.165, 1.54) is 23.2 Å². The van der Waals surface area contributed by atoms with E-state index in [9.17, 15) is 24.6 Å². The molecule has 3 amide bonds. The van der Waals surface area contributed by atoms with E-state index < -0.39 is 18.1 Å². The zero-order valence-electron chi connectivity index (χ0n) is 45.5. The second-order valence-corrected chi connectivity index (χ2v) is 22.1. The highest BCUT2D eigenvalue weighted by molar-refractivity contribution is 7.13. The topological polar surface area (TPSA) is 254 Å². The Morgan fingerprint density at radius 2 is 1.60 bits per heavy atom. The van der Waals surface area contributed by atoms with E-state index >= 15 is 0 Å². The van der Waals surface area contributed by atoms with Gasteiger partial charge in [-0.05, 0) is 72.2 Å². The number of hydrogen-bond acceptors (Lipinski definition) is 19. The van der Waals surface area contributed by atoms with Crippen molar-refractivity contribution in [2.24, 2.45) is 5.92 Å². The number of aromatic hydroxyl groups is 1. The molecule has 4 saturated heterocycles. The first-order valence-electron chi connectivity index (χ1n) is 27.4. The highest BCUT2D eigenvalue weighted by Gasteiger charge is 2.44. The SMILES string of the molecule is CC(=O)NCC#Cc1ncsc1-c1ccc([C@H](C)NC(=O)[C@@H]2C[C@@H](O)CN2C(=O)[C@@H](c2cc(OCCN3CCN(CCOc4cc(N5C6CCC5CN(c5cc(-c7ccccc7O)nnc5N)C6)ccn4)CC3)no2)C(C)C)cc1. The number of fused-ring (bicyclic) bond motifs is 2. The Morgan fingerprint density at radius 1 is 0.887 bits per heavy atom. The van der Waals surface area contributed by atoms with Crippen LogP contribution in [0.4, 0.5) is 17.2 Å². The van der Waals surface area contributed by atoms with Crippen molar-refractivity contribution >= 4 is 46.3 Å². The number of phenols is 1. The second kappa shape index (κ2) is 25.1. The fourth-order valence-corrected chi connectivity index (χ4v) is 12.0. The van der Waals surface area contributed by atoms with Gasteiger partial charge in [-0.3, -0.25) is 24.2 Å². The van der Waals surface area contributed by atoms with Gasteiger partial charge in [0.25, 0.3) is 5.88 Å². The van der Waals surface area contributed by atoms with Gasteiger partial charge in [-0.1, -0.05) is 56.2 Å². The number of nitrogen functional groups attached to an aromatic ring is 1. The lowest BCUT2D eigenvalue weighted by Gasteiger charge is -2.43. The van der Waals surface area contributed by atoms with Crippen LogP contribution >= 0.6 is 11.3 Å². The molecule has 4 aromatic heterocycles. The first-order valence-corrected chi connectivity index (χ1v) is 28.3. The smallest absolute Gasteiger partial charge is 0.254 e. The molecule has 4 fully saturated rings. The Bertz CT molecular complexity index is 3180. The number of amides is 3. The summed E-state index contributed by atoms with van der Waals surface area (Å²) in [5.74, 6) is 5.92. The third-order valence-corrected chi connectivity index (χ3v) is 16.3. The molecule has 22 heteroatoms. The number of β-amino-alcohol motifs (C(OH)–C–C–N with tert-alkyl or cyclic N) is 1. The Kier molecular flexibility index (Phi) is 17.4. The number of nitrogens with zero attached hydrogens (tertiary/aromatic N) is 10. The summed E-state index contributed by atoms with van der Waals surface area (Å²) in [7, 11) is 0. The molecule has 80 heavy (non-hydrogen) atoms. The number of carbonyl (C=O) groups excluding carboxylic acids is 3. The molecule has 6 N–H and O–H groups in total. The summed E-state index contributed by atoms with van der Waals surface area (Å²) in [6, 6.07) is 21.9. The Labute approximate surface area is 469 Å². The number of rotatable bonds is 19. The summed E-state index contributed by atoms with van der Waals surface area (Å²) in [5.41, 5.74) is 13.6. The van der Waals surface area contributed by atoms with Crippen molar-refractivity contribution in [2.75, 3.05) is 94.2 Å². The number of aliphatic hydroxyl groups is 1. The number of piperazine rings is 2. The van der Waals surface area contributed by atoms with Gasteiger partial charge in [0.2, 0.25) is 23.6 Å². The first-order chi connectivity index (χ1) is 38.8. The van der Waals surface area contributed by atoms with Gasteiger partial charge < -0.3 is 55.3 Å². The molecular weight excluding hydrogens is 1040 g/mol. The molecule has 10 rings (SSSR count). The quantitative estimate of drug-likeness (QED) is 0.0674. The van der Waals surface area contributed by atoms with E-state index in [2.05, 4.69) is 79.5 Å². The number of aromatic nitrogens is 5. The minimum atomic E-state index is -0.876. The number of thiazole rings is 1.